The van der Waals surface area contributed by atoms with Crippen LogP contribution in [0.1, 0.15) is 19.8 Å². The molecule has 76 valence electrons. The molecule has 0 saturated carbocycles. The van der Waals surface area contributed by atoms with Gasteiger partial charge in [-0.2, -0.15) is 0 Å². The Balaban J connectivity index is 3.94. The predicted octanol–water partition coefficient (Wildman–Crippen LogP) is -1.02. The van der Waals surface area contributed by atoms with Crippen molar-refractivity contribution >= 4 is 11.8 Å². The smallest absolute Gasteiger partial charge is 0.235 e. The number of nitrogens with two attached hydrogens (primary N) is 1. The van der Waals surface area contributed by atoms with Crippen LogP contribution in [0.4, 0.5) is 0 Å². The zero-order valence-electron chi connectivity index (χ0n) is 8.09. The van der Waals surface area contributed by atoms with Gasteiger partial charge < -0.3 is 16.4 Å². The number of primary amides is 1. The number of carbonyl (C=O) groups excluding carboxylic acids is 2. The minimum Gasteiger partial charge on any atom is -0.368 e. The normalized spacial score (nSPS) is 12.2. The summed E-state index contributed by atoms with van der Waals surface area (Å²) in [6, 6.07) is -0.556. The largest absolute Gasteiger partial charge is 0.368 e. The van der Waals surface area contributed by atoms with E-state index in [9.17, 15) is 9.59 Å². The molecule has 0 spiro atoms. The molecular weight excluding hydrogens is 170 g/mol. The molecule has 0 fully saturated rings. The molecule has 0 aliphatic heterocycles. The highest BCUT2D eigenvalue weighted by molar-refractivity contribution is 5.87. The number of nitrogens with one attached hydrogen (secondary N) is 2. The van der Waals surface area contributed by atoms with E-state index >= 15 is 0 Å². The van der Waals surface area contributed by atoms with Crippen LogP contribution in [0.5, 0.6) is 0 Å². The van der Waals surface area contributed by atoms with Crippen molar-refractivity contribution in [2.45, 2.75) is 25.8 Å². The molecule has 0 radical (unpaired) electrons. The van der Waals surface area contributed by atoms with Crippen molar-refractivity contribution in [2.24, 2.45) is 5.73 Å². The van der Waals surface area contributed by atoms with Crippen LogP contribution in [0.15, 0.2) is 0 Å². The van der Waals surface area contributed by atoms with Gasteiger partial charge in [-0.1, -0.05) is 6.92 Å². The van der Waals surface area contributed by atoms with E-state index in [1.807, 2.05) is 6.92 Å². The molecule has 0 saturated heterocycles. The lowest BCUT2D eigenvalue weighted by atomic mass is 10.2. The lowest BCUT2D eigenvalue weighted by Gasteiger charge is -2.13. The van der Waals surface area contributed by atoms with Gasteiger partial charge in [0.1, 0.15) is 0 Å². The maximum absolute atomic E-state index is 10.9. The standard InChI is InChI=1S/C8H17N3O2/c1-3-4-11-6(8(9)13)5-7(12)10-2/h6,11H,3-5H2,1-2H3,(H2,9,13)(H,10,12). The maximum Gasteiger partial charge on any atom is 0.235 e. The van der Waals surface area contributed by atoms with Gasteiger partial charge in [0.15, 0.2) is 0 Å². The number of carbonyl (C=O) groups is 2. The van der Waals surface area contributed by atoms with Crippen LogP contribution in [0.2, 0.25) is 0 Å². The first-order valence-corrected chi connectivity index (χ1v) is 4.35. The van der Waals surface area contributed by atoms with Crippen molar-refractivity contribution < 1.29 is 9.59 Å². The number of hydrogen-bond donors (Lipinski definition) is 3. The average molecular weight is 187 g/mol. The summed E-state index contributed by atoms with van der Waals surface area (Å²) in [6.07, 6.45) is 1.00. The molecule has 4 N–H and O–H groups in total. The quantitative estimate of drug-likeness (QED) is 0.497. The minimum absolute atomic E-state index is 0.103. The molecule has 0 bridgehead atoms. The van der Waals surface area contributed by atoms with E-state index in [4.69, 9.17) is 5.73 Å². The number of amides is 2. The Morgan fingerprint density at radius 1 is 1.46 bits per heavy atom. The van der Waals surface area contributed by atoms with Crippen molar-refractivity contribution in [3.63, 3.8) is 0 Å². The third-order valence-electron chi connectivity index (χ3n) is 1.65. The van der Waals surface area contributed by atoms with Crippen molar-refractivity contribution in [1.82, 2.24) is 10.6 Å². The second-order valence-electron chi connectivity index (χ2n) is 2.79. The topological polar surface area (TPSA) is 84.2 Å². The Morgan fingerprint density at radius 2 is 2.08 bits per heavy atom. The average Bonchev–Trinajstić information content (AvgIpc) is 2.11. The first-order valence-electron chi connectivity index (χ1n) is 4.35. The second-order valence-corrected chi connectivity index (χ2v) is 2.79. The van der Waals surface area contributed by atoms with Gasteiger partial charge >= 0.3 is 0 Å². The van der Waals surface area contributed by atoms with Crippen LogP contribution in [-0.4, -0.2) is 31.4 Å². The van der Waals surface area contributed by atoms with Crippen LogP contribution >= 0.6 is 0 Å². The summed E-state index contributed by atoms with van der Waals surface area (Å²) in [4.78, 5) is 21.8. The molecule has 1 atom stereocenters. The molecule has 0 aliphatic carbocycles. The Labute approximate surface area is 78.1 Å². The molecule has 13 heavy (non-hydrogen) atoms. The molecule has 0 aromatic carbocycles. The van der Waals surface area contributed by atoms with Crippen LogP contribution in [0.25, 0.3) is 0 Å². The van der Waals surface area contributed by atoms with Gasteiger partial charge in [0.25, 0.3) is 0 Å². The van der Waals surface area contributed by atoms with Crippen LogP contribution in [0.3, 0.4) is 0 Å². The van der Waals surface area contributed by atoms with E-state index in [-0.39, 0.29) is 12.3 Å². The van der Waals surface area contributed by atoms with Crippen LogP contribution in [0, 0.1) is 0 Å². The molecule has 0 aliphatic rings. The Hall–Kier alpha value is -1.10. The Bertz CT molecular complexity index is 182. The second kappa shape index (κ2) is 6.42. The van der Waals surface area contributed by atoms with E-state index in [2.05, 4.69) is 10.6 Å². The van der Waals surface area contributed by atoms with Crippen molar-refractivity contribution in [1.29, 1.82) is 0 Å². The van der Waals surface area contributed by atoms with Crippen LogP contribution < -0.4 is 16.4 Å². The van der Waals surface area contributed by atoms with Gasteiger partial charge in [-0.15, -0.1) is 0 Å². The van der Waals surface area contributed by atoms with Crippen molar-refractivity contribution in [3.8, 4) is 0 Å². The minimum atomic E-state index is -0.556. The van der Waals surface area contributed by atoms with E-state index in [0.717, 1.165) is 6.42 Å². The first-order chi connectivity index (χ1) is 6.11. The van der Waals surface area contributed by atoms with Gasteiger partial charge in [0.05, 0.1) is 12.5 Å². The maximum atomic E-state index is 10.9. The summed E-state index contributed by atoms with van der Waals surface area (Å²) in [7, 11) is 1.53. The molecule has 5 heteroatoms. The molecular formula is C8H17N3O2. The summed E-state index contributed by atoms with van der Waals surface area (Å²) in [5.41, 5.74) is 5.10. The van der Waals surface area contributed by atoms with Gasteiger partial charge in [0, 0.05) is 7.05 Å². The highest BCUT2D eigenvalue weighted by atomic mass is 16.2. The fourth-order valence-corrected chi connectivity index (χ4v) is 0.879. The van der Waals surface area contributed by atoms with Gasteiger partial charge in [-0.3, -0.25) is 9.59 Å². The van der Waals surface area contributed by atoms with Gasteiger partial charge in [-0.05, 0) is 13.0 Å². The SMILES string of the molecule is CCCNC(CC(=O)NC)C(N)=O. The summed E-state index contributed by atoms with van der Waals surface area (Å²) < 4.78 is 0. The third kappa shape index (κ3) is 5.19. The van der Waals surface area contributed by atoms with Gasteiger partial charge in [0.2, 0.25) is 11.8 Å². The number of rotatable bonds is 6. The fraction of sp³-hybridized carbons (Fsp3) is 0.750. The lowest BCUT2D eigenvalue weighted by molar-refractivity contribution is -0.126. The molecule has 0 rings (SSSR count). The van der Waals surface area contributed by atoms with Gasteiger partial charge in [-0.25, -0.2) is 0 Å². The third-order valence-corrected chi connectivity index (χ3v) is 1.65. The molecule has 1 unspecified atom stereocenters. The molecule has 0 heterocycles. The lowest BCUT2D eigenvalue weighted by Crippen LogP contribution is -2.44. The Kier molecular flexibility index (Phi) is 5.88. The monoisotopic (exact) mass is 187 g/mol. The molecule has 2 amide bonds. The van der Waals surface area contributed by atoms with Crippen LogP contribution in [-0.2, 0) is 9.59 Å². The summed E-state index contributed by atoms with van der Waals surface area (Å²) in [5.74, 6) is -0.676. The van der Waals surface area contributed by atoms with E-state index in [1.165, 1.54) is 7.05 Å². The fourth-order valence-electron chi connectivity index (χ4n) is 0.879. The molecule has 0 aromatic rings. The highest BCUT2D eigenvalue weighted by Crippen LogP contribution is 1.91. The zero-order chi connectivity index (χ0) is 10.3. The summed E-state index contributed by atoms with van der Waals surface area (Å²) in [6.45, 7) is 2.66. The summed E-state index contributed by atoms with van der Waals surface area (Å²) >= 11 is 0. The summed E-state index contributed by atoms with van der Waals surface area (Å²) in [5, 5.41) is 5.34. The number of hydrogen-bond acceptors (Lipinski definition) is 3. The molecule has 5 nitrogen and oxygen atoms in total. The van der Waals surface area contributed by atoms with E-state index in [0.29, 0.717) is 6.54 Å². The zero-order valence-corrected chi connectivity index (χ0v) is 8.09. The van der Waals surface area contributed by atoms with Crippen molar-refractivity contribution in [2.75, 3.05) is 13.6 Å². The molecule has 0 aromatic heterocycles. The first kappa shape index (κ1) is 11.9. The highest BCUT2D eigenvalue weighted by Gasteiger charge is 2.17. The van der Waals surface area contributed by atoms with E-state index < -0.39 is 11.9 Å². The predicted molar refractivity (Wildman–Crippen MR) is 50.0 cm³/mol. The van der Waals surface area contributed by atoms with Crippen molar-refractivity contribution in [3.05, 3.63) is 0 Å². The Morgan fingerprint density at radius 3 is 2.46 bits per heavy atom. The van der Waals surface area contributed by atoms with E-state index in [1.54, 1.807) is 0 Å².